The average Bonchev–Trinajstić information content (AvgIpc) is 2.66. The standard InChI is InChI=1S/C10H17N3OS2/c1-3-5-7-15-10-13-12-9(16-10)11-8(14)6-4-2/h3-7H2,1-2H3,(H,11,12,14). The van der Waals surface area contributed by atoms with Crippen molar-refractivity contribution in [3.8, 4) is 0 Å². The topological polar surface area (TPSA) is 54.9 Å². The van der Waals surface area contributed by atoms with Gasteiger partial charge in [0.05, 0.1) is 0 Å². The van der Waals surface area contributed by atoms with Crippen LogP contribution < -0.4 is 5.32 Å². The number of aromatic nitrogens is 2. The van der Waals surface area contributed by atoms with E-state index in [4.69, 9.17) is 0 Å². The van der Waals surface area contributed by atoms with E-state index in [1.807, 2.05) is 6.92 Å². The van der Waals surface area contributed by atoms with Crippen molar-refractivity contribution in [2.75, 3.05) is 11.1 Å². The quantitative estimate of drug-likeness (QED) is 0.464. The van der Waals surface area contributed by atoms with Gasteiger partial charge < -0.3 is 5.32 Å². The summed E-state index contributed by atoms with van der Waals surface area (Å²) in [6.07, 6.45) is 3.76. The molecule has 0 aliphatic rings. The summed E-state index contributed by atoms with van der Waals surface area (Å²) in [7, 11) is 0. The summed E-state index contributed by atoms with van der Waals surface area (Å²) in [5, 5.41) is 11.3. The first kappa shape index (κ1) is 13.4. The molecule has 0 unspecified atom stereocenters. The Hall–Kier alpha value is -0.620. The molecule has 0 aliphatic carbocycles. The van der Waals surface area contributed by atoms with Gasteiger partial charge in [-0.1, -0.05) is 43.4 Å². The lowest BCUT2D eigenvalue weighted by Crippen LogP contribution is -2.10. The number of unbranched alkanes of at least 4 members (excludes halogenated alkanes) is 1. The Kier molecular flexibility index (Phi) is 6.40. The summed E-state index contributed by atoms with van der Waals surface area (Å²) in [6.45, 7) is 4.14. The number of nitrogens with zero attached hydrogens (tertiary/aromatic N) is 2. The van der Waals surface area contributed by atoms with E-state index in [2.05, 4.69) is 22.4 Å². The van der Waals surface area contributed by atoms with Gasteiger partial charge in [0.15, 0.2) is 4.34 Å². The Balaban J connectivity index is 2.36. The second kappa shape index (κ2) is 7.62. The van der Waals surface area contributed by atoms with Gasteiger partial charge in [0, 0.05) is 12.2 Å². The molecule has 0 bridgehead atoms. The van der Waals surface area contributed by atoms with Crippen LogP contribution in [-0.2, 0) is 4.79 Å². The molecule has 0 fully saturated rings. The van der Waals surface area contributed by atoms with Gasteiger partial charge in [-0.25, -0.2) is 0 Å². The van der Waals surface area contributed by atoms with Crippen molar-refractivity contribution in [3.63, 3.8) is 0 Å². The third-order valence-electron chi connectivity index (χ3n) is 1.85. The van der Waals surface area contributed by atoms with Crippen LogP contribution in [0.15, 0.2) is 4.34 Å². The monoisotopic (exact) mass is 259 g/mol. The predicted molar refractivity (Wildman–Crippen MR) is 69.1 cm³/mol. The summed E-state index contributed by atoms with van der Waals surface area (Å²) in [5.74, 6) is 1.08. The molecule has 90 valence electrons. The Morgan fingerprint density at radius 3 is 2.88 bits per heavy atom. The average molecular weight is 259 g/mol. The first-order valence-electron chi connectivity index (χ1n) is 5.52. The zero-order chi connectivity index (χ0) is 11.8. The molecule has 16 heavy (non-hydrogen) atoms. The van der Waals surface area contributed by atoms with Crippen LogP contribution in [-0.4, -0.2) is 21.9 Å². The number of carbonyl (C=O) groups is 1. The largest absolute Gasteiger partial charge is 0.301 e. The van der Waals surface area contributed by atoms with Crippen LogP contribution in [0.4, 0.5) is 5.13 Å². The fourth-order valence-corrected chi connectivity index (χ4v) is 2.95. The molecule has 1 aromatic rings. The van der Waals surface area contributed by atoms with Crippen LogP contribution in [0.1, 0.15) is 39.5 Å². The Morgan fingerprint density at radius 1 is 1.38 bits per heavy atom. The van der Waals surface area contributed by atoms with Crippen molar-refractivity contribution in [1.82, 2.24) is 10.2 Å². The van der Waals surface area contributed by atoms with E-state index in [0.717, 1.165) is 16.5 Å². The fourth-order valence-electron chi connectivity index (χ4n) is 1.03. The van der Waals surface area contributed by atoms with Crippen molar-refractivity contribution in [2.45, 2.75) is 43.9 Å². The van der Waals surface area contributed by atoms with E-state index in [1.54, 1.807) is 11.8 Å². The zero-order valence-corrected chi connectivity index (χ0v) is 11.3. The number of anilines is 1. The molecule has 0 spiro atoms. The number of hydrogen-bond donors (Lipinski definition) is 1. The summed E-state index contributed by atoms with van der Waals surface area (Å²) in [6, 6.07) is 0. The molecular formula is C10H17N3OS2. The molecule has 0 aliphatic heterocycles. The fraction of sp³-hybridized carbons (Fsp3) is 0.700. The van der Waals surface area contributed by atoms with Crippen LogP contribution >= 0.6 is 23.1 Å². The maximum atomic E-state index is 11.3. The number of amides is 1. The number of rotatable bonds is 7. The van der Waals surface area contributed by atoms with E-state index in [9.17, 15) is 4.79 Å². The Morgan fingerprint density at radius 2 is 2.19 bits per heavy atom. The van der Waals surface area contributed by atoms with E-state index < -0.39 is 0 Å². The van der Waals surface area contributed by atoms with E-state index in [1.165, 1.54) is 24.2 Å². The second-order valence-corrected chi connectivity index (χ2v) is 5.69. The molecule has 0 aromatic carbocycles. The zero-order valence-electron chi connectivity index (χ0n) is 9.65. The van der Waals surface area contributed by atoms with Crippen LogP contribution in [0.25, 0.3) is 0 Å². The predicted octanol–water partition coefficient (Wildman–Crippen LogP) is 3.17. The van der Waals surface area contributed by atoms with Gasteiger partial charge in [-0.15, -0.1) is 10.2 Å². The molecule has 1 N–H and O–H groups in total. The molecule has 0 atom stereocenters. The smallest absolute Gasteiger partial charge is 0.226 e. The van der Waals surface area contributed by atoms with Crippen molar-refractivity contribution in [1.29, 1.82) is 0 Å². The third kappa shape index (κ3) is 4.94. The van der Waals surface area contributed by atoms with Gasteiger partial charge in [0.2, 0.25) is 11.0 Å². The first-order chi connectivity index (χ1) is 7.76. The molecule has 0 saturated heterocycles. The minimum atomic E-state index is 0.0174. The second-order valence-electron chi connectivity index (χ2n) is 3.37. The maximum Gasteiger partial charge on any atom is 0.226 e. The maximum absolute atomic E-state index is 11.3. The lowest BCUT2D eigenvalue weighted by molar-refractivity contribution is -0.116. The number of nitrogens with one attached hydrogen (secondary N) is 1. The van der Waals surface area contributed by atoms with Gasteiger partial charge >= 0.3 is 0 Å². The molecule has 0 saturated carbocycles. The third-order valence-corrected chi connectivity index (χ3v) is 3.91. The van der Waals surface area contributed by atoms with Gasteiger partial charge in [-0.05, 0) is 12.8 Å². The van der Waals surface area contributed by atoms with Gasteiger partial charge in [0.1, 0.15) is 0 Å². The van der Waals surface area contributed by atoms with E-state index in [-0.39, 0.29) is 5.91 Å². The number of carbonyl (C=O) groups excluding carboxylic acids is 1. The van der Waals surface area contributed by atoms with E-state index >= 15 is 0 Å². The minimum absolute atomic E-state index is 0.0174. The summed E-state index contributed by atoms with van der Waals surface area (Å²) in [4.78, 5) is 11.3. The lowest BCUT2D eigenvalue weighted by Gasteiger charge is -1.96. The SMILES string of the molecule is CCCCSc1nnc(NC(=O)CCC)s1. The summed E-state index contributed by atoms with van der Waals surface area (Å²) < 4.78 is 0.931. The number of hydrogen-bond acceptors (Lipinski definition) is 5. The minimum Gasteiger partial charge on any atom is -0.301 e. The van der Waals surface area contributed by atoms with Gasteiger partial charge in [-0.3, -0.25) is 4.79 Å². The van der Waals surface area contributed by atoms with Gasteiger partial charge in [0.25, 0.3) is 0 Å². The molecule has 4 nitrogen and oxygen atoms in total. The normalized spacial score (nSPS) is 10.4. The van der Waals surface area contributed by atoms with Crippen LogP contribution in [0.3, 0.4) is 0 Å². The van der Waals surface area contributed by atoms with Crippen molar-refractivity contribution in [3.05, 3.63) is 0 Å². The first-order valence-corrected chi connectivity index (χ1v) is 7.32. The highest BCUT2D eigenvalue weighted by molar-refractivity contribution is 8.01. The van der Waals surface area contributed by atoms with Gasteiger partial charge in [-0.2, -0.15) is 0 Å². The Labute approximate surface area is 104 Å². The lowest BCUT2D eigenvalue weighted by atomic mass is 10.3. The molecule has 1 amide bonds. The summed E-state index contributed by atoms with van der Waals surface area (Å²) in [5.41, 5.74) is 0. The molecule has 6 heteroatoms. The molecule has 1 heterocycles. The highest BCUT2D eigenvalue weighted by Crippen LogP contribution is 2.26. The number of thioether (sulfide) groups is 1. The molecular weight excluding hydrogens is 242 g/mol. The Bertz CT molecular complexity index is 328. The van der Waals surface area contributed by atoms with Crippen molar-refractivity contribution < 1.29 is 4.79 Å². The van der Waals surface area contributed by atoms with Crippen molar-refractivity contribution >= 4 is 34.1 Å². The van der Waals surface area contributed by atoms with Crippen LogP contribution in [0, 0.1) is 0 Å². The summed E-state index contributed by atoms with van der Waals surface area (Å²) >= 11 is 3.15. The molecule has 1 aromatic heterocycles. The van der Waals surface area contributed by atoms with Crippen molar-refractivity contribution in [2.24, 2.45) is 0 Å². The van der Waals surface area contributed by atoms with E-state index in [0.29, 0.717) is 11.6 Å². The highest BCUT2D eigenvalue weighted by Gasteiger charge is 2.07. The van der Waals surface area contributed by atoms with Crippen LogP contribution in [0.2, 0.25) is 0 Å². The highest BCUT2D eigenvalue weighted by atomic mass is 32.2. The van der Waals surface area contributed by atoms with Crippen LogP contribution in [0.5, 0.6) is 0 Å². The molecule has 1 rings (SSSR count). The molecule has 0 radical (unpaired) electrons.